The van der Waals surface area contributed by atoms with E-state index >= 15 is 0 Å². The van der Waals surface area contributed by atoms with Crippen LogP contribution in [0.1, 0.15) is 22.3 Å². The molecule has 0 aliphatic carbocycles. The summed E-state index contributed by atoms with van der Waals surface area (Å²) in [5.74, 6) is 0. The zero-order valence-corrected chi connectivity index (χ0v) is 10.1. The van der Waals surface area contributed by atoms with Crippen molar-refractivity contribution < 1.29 is 34.4 Å². The van der Waals surface area contributed by atoms with E-state index in [0.29, 0.717) is 5.56 Å². The van der Waals surface area contributed by atoms with Crippen molar-refractivity contribution in [2.24, 2.45) is 0 Å². The summed E-state index contributed by atoms with van der Waals surface area (Å²) in [5, 5.41) is 0. The van der Waals surface area contributed by atoms with Crippen molar-refractivity contribution in [1.29, 1.82) is 0 Å². The zero-order chi connectivity index (χ0) is 8.43. The quantitative estimate of drug-likeness (QED) is 0.393. The zero-order valence-electron chi connectivity index (χ0n) is 8.06. The SMILES string of the molecule is Cc1cc(C)c([C-]=O)c(C)c1.[Na+]. The molecule has 1 aromatic rings. The van der Waals surface area contributed by atoms with E-state index in [-0.39, 0.29) is 29.6 Å². The fraction of sp³-hybridized carbons (Fsp3) is 0.300. The Bertz CT molecular complexity index is 269. The van der Waals surface area contributed by atoms with Crippen LogP contribution in [0.15, 0.2) is 12.1 Å². The second-order valence-corrected chi connectivity index (χ2v) is 2.88. The van der Waals surface area contributed by atoms with Gasteiger partial charge in [0.2, 0.25) is 0 Å². The summed E-state index contributed by atoms with van der Waals surface area (Å²) in [6.07, 6.45) is 1.94. The monoisotopic (exact) mass is 170 g/mol. The van der Waals surface area contributed by atoms with E-state index < -0.39 is 0 Å². The van der Waals surface area contributed by atoms with Gasteiger partial charge in [-0.25, -0.2) is 0 Å². The van der Waals surface area contributed by atoms with Gasteiger partial charge in [0.1, 0.15) is 0 Å². The molecule has 0 atom stereocenters. The van der Waals surface area contributed by atoms with Crippen molar-refractivity contribution in [1.82, 2.24) is 0 Å². The third-order valence-corrected chi connectivity index (χ3v) is 1.78. The molecule has 0 fully saturated rings. The molecule has 58 valence electrons. The van der Waals surface area contributed by atoms with E-state index in [9.17, 15) is 4.79 Å². The van der Waals surface area contributed by atoms with Crippen LogP contribution in [0.2, 0.25) is 0 Å². The maximum absolute atomic E-state index is 10.4. The fourth-order valence-electron chi connectivity index (χ4n) is 1.34. The van der Waals surface area contributed by atoms with Crippen molar-refractivity contribution in [2.45, 2.75) is 20.8 Å². The Morgan fingerprint density at radius 3 is 1.83 bits per heavy atom. The molecule has 0 amide bonds. The third-order valence-electron chi connectivity index (χ3n) is 1.78. The smallest absolute Gasteiger partial charge is 0.376 e. The van der Waals surface area contributed by atoms with Crippen LogP contribution in [-0.2, 0) is 4.79 Å². The van der Waals surface area contributed by atoms with E-state index in [1.807, 2.05) is 39.2 Å². The maximum atomic E-state index is 10.4. The van der Waals surface area contributed by atoms with E-state index in [1.165, 1.54) is 5.56 Å². The summed E-state index contributed by atoms with van der Waals surface area (Å²) in [6, 6.07) is 3.99. The topological polar surface area (TPSA) is 17.1 Å². The Morgan fingerprint density at radius 1 is 1.08 bits per heavy atom. The number of hydrogen-bond acceptors (Lipinski definition) is 1. The van der Waals surface area contributed by atoms with Crippen molar-refractivity contribution in [3.8, 4) is 0 Å². The second kappa shape index (κ2) is 4.80. The van der Waals surface area contributed by atoms with E-state index in [1.54, 1.807) is 0 Å². The van der Waals surface area contributed by atoms with Gasteiger partial charge >= 0.3 is 29.6 Å². The molecule has 0 aliphatic heterocycles. The van der Waals surface area contributed by atoms with Crippen LogP contribution < -0.4 is 29.6 Å². The summed E-state index contributed by atoms with van der Waals surface area (Å²) < 4.78 is 0. The standard InChI is InChI=1S/C10H11O.Na/c1-7-4-8(2)10(6-11)9(3)5-7;/h4-5H,1-3H3;/q-1;+1. The summed E-state index contributed by atoms with van der Waals surface area (Å²) in [7, 11) is 0. The Morgan fingerprint density at radius 2 is 1.50 bits per heavy atom. The fourth-order valence-corrected chi connectivity index (χ4v) is 1.34. The Hall–Kier alpha value is -0.110. The number of hydrogen-bond donors (Lipinski definition) is 0. The van der Waals surface area contributed by atoms with Crippen molar-refractivity contribution >= 4 is 6.29 Å². The molecule has 0 saturated carbocycles. The van der Waals surface area contributed by atoms with Gasteiger partial charge in [-0.15, -0.1) is 28.8 Å². The predicted molar refractivity (Wildman–Crippen MR) is 45.4 cm³/mol. The van der Waals surface area contributed by atoms with Gasteiger partial charge in [0.25, 0.3) is 0 Å². The number of benzene rings is 1. The van der Waals surface area contributed by atoms with Crippen LogP contribution in [0.3, 0.4) is 0 Å². The maximum Gasteiger partial charge on any atom is 1.00 e. The first-order valence-electron chi connectivity index (χ1n) is 3.61. The van der Waals surface area contributed by atoms with Crippen molar-refractivity contribution in [2.75, 3.05) is 0 Å². The molecule has 2 heteroatoms. The van der Waals surface area contributed by atoms with Crippen LogP contribution in [0.5, 0.6) is 0 Å². The minimum absolute atomic E-state index is 0. The molecule has 0 spiro atoms. The van der Waals surface area contributed by atoms with Crippen LogP contribution in [0.4, 0.5) is 0 Å². The molecule has 0 N–H and O–H groups in total. The average molecular weight is 170 g/mol. The average Bonchev–Trinajstić information content (AvgIpc) is 1.85. The van der Waals surface area contributed by atoms with Crippen LogP contribution in [-0.4, -0.2) is 6.29 Å². The Balaban J connectivity index is 0.00000121. The van der Waals surface area contributed by atoms with Gasteiger partial charge in [-0.05, 0) is 6.92 Å². The summed E-state index contributed by atoms with van der Waals surface area (Å²) in [6.45, 7) is 5.88. The summed E-state index contributed by atoms with van der Waals surface area (Å²) in [4.78, 5) is 10.4. The normalized spacial score (nSPS) is 8.92. The first-order chi connectivity index (χ1) is 5.15. The number of rotatable bonds is 1. The molecule has 0 aliphatic rings. The molecule has 0 radical (unpaired) electrons. The molecule has 12 heavy (non-hydrogen) atoms. The predicted octanol–water partition coefficient (Wildman–Crippen LogP) is -0.926. The first-order valence-corrected chi connectivity index (χ1v) is 3.61. The van der Waals surface area contributed by atoms with Gasteiger partial charge in [-0.2, -0.15) is 0 Å². The Labute approximate surface area is 95.5 Å². The van der Waals surface area contributed by atoms with E-state index in [0.717, 1.165) is 11.1 Å². The minimum Gasteiger partial charge on any atom is -0.376 e. The van der Waals surface area contributed by atoms with Gasteiger partial charge in [0, 0.05) is 0 Å². The molecule has 0 bridgehead atoms. The van der Waals surface area contributed by atoms with Crippen LogP contribution in [0.25, 0.3) is 0 Å². The van der Waals surface area contributed by atoms with Gasteiger partial charge in [-0.3, -0.25) is 0 Å². The number of carbonyl (C=O) groups excluding carboxylic acids is 1. The van der Waals surface area contributed by atoms with E-state index in [4.69, 9.17) is 0 Å². The molecule has 1 rings (SSSR count). The van der Waals surface area contributed by atoms with Crippen molar-refractivity contribution in [3.05, 3.63) is 34.4 Å². The largest absolute Gasteiger partial charge is 1.00 e. The van der Waals surface area contributed by atoms with Crippen LogP contribution in [0, 0.1) is 20.8 Å². The summed E-state index contributed by atoms with van der Waals surface area (Å²) in [5.41, 5.74) is 3.92. The van der Waals surface area contributed by atoms with Crippen molar-refractivity contribution in [3.63, 3.8) is 0 Å². The second-order valence-electron chi connectivity index (χ2n) is 2.88. The third kappa shape index (κ3) is 2.44. The molecular weight excluding hydrogens is 159 g/mol. The number of aryl methyl sites for hydroxylation is 3. The molecule has 0 aromatic heterocycles. The van der Waals surface area contributed by atoms with Gasteiger partial charge in [-0.1, -0.05) is 19.4 Å². The molecule has 1 nitrogen and oxygen atoms in total. The minimum atomic E-state index is 0. The summed E-state index contributed by atoms with van der Waals surface area (Å²) >= 11 is 0. The van der Waals surface area contributed by atoms with E-state index in [2.05, 4.69) is 0 Å². The Kier molecular flexibility index (Phi) is 4.76. The van der Waals surface area contributed by atoms with Gasteiger partial charge < -0.3 is 4.79 Å². The molecule has 0 saturated heterocycles. The van der Waals surface area contributed by atoms with Gasteiger partial charge in [0.15, 0.2) is 0 Å². The molecule has 0 heterocycles. The molecule has 1 aromatic carbocycles. The first kappa shape index (κ1) is 11.9. The molecule has 0 unspecified atom stereocenters. The molecular formula is C10H11NaO. The van der Waals surface area contributed by atoms with Crippen LogP contribution >= 0.6 is 0 Å². The van der Waals surface area contributed by atoms with Gasteiger partial charge in [0.05, 0.1) is 6.29 Å².